The Labute approximate surface area is 250 Å². The molecule has 6 N–H and O–H groups in total. The minimum Gasteiger partial charge on any atom is -0.398 e. The summed E-state index contributed by atoms with van der Waals surface area (Å²) in [5, 5.41) is 6.29. The Morgan fingerprint density at radius 1 is 1.12 bits per heavy atom. The van der Waals surface area contributed by atoms with Crippen molar-refractivity contribution in [1.82, 2.24) is 4.98 Å². The van der Waals surface area contributed by atoms with E-state index in [1.807, 2.05) is 51.1 Å². The smallest absolute Gasteiger partial charge is 0.398 e. The standard InChI is InChI=1S/C33H38F4N6/c1-5-7-31(42-27-15-13-26(34)14-16-27)28-18-25(33(35,36)37)20-41-32(28)40-19-23-9-11-24(12-10-23)29(6-2)43-30(22(4)39)17-8-21(3)38/h6-7,9-16,18,20-21,42H,4-5,8,17,19,38-39H2,1-3H3,(H,40,41)/b29-6-,31-7?,43-30?. The minimum absolute atomic E-state index is 0.0114. The molecular weight excluding hydrogens is 556 g/mol. The SMILES string of the molecule is C=C(N)C(CCC(C)N)=N/C(=C\C)c1ccc(CNc2ncc(C(F)(F)F)cc2C(=CCC)Nc2ccc(F)cc2)cc1. The summed E-state index contributed by atoms with van der Waals surface area (Å²) in [5.41, 5.74) is 15.7. The van der Waals surface area contributed by atoms with Gasteiger partial charge >= 0.3 is 6.18 Å². The van der Waals surface area contributed by atoms with Crippen molar-refractivity contribution >= 4 is 28.6 Å². The third-order valence-electron chi connectivity index (χ3n) is 6.48. The Morgan fingerprint density at radius 3 is 2.35 bits per heavy atom. The van der Waals surface area contributed by atoms with Gasteiger partial charge in [0, 0.05) is 41.4 Å². The molecule has 0 saturated carbocycles. The van der Waals surface area contributed by atoms with Crippen LogP contribution in [0, 0.1) is 5.82 Å². The van der Waals surface area contributed by atoms with Crippen molar-refractivity contribution in [1.29, 1.82) is 0 Å². The van der Waals surface area contributed by atoms with Crippen LogP contribution >= 0.6 is 0 Å². The molecule has 3 aromatic rings. The number of pyridine rings is 1. The number of hydrogen-bond donors (Lipinski definition) is 4. The lowest BCUT2D eigenvalue weighted by atomic mass is 10.1. The van der Waals surface area contributed by atoms with E-state index < -0.39 is 17.6 Å². The maximum absolute atomic E-state index is 13.6. The van der Waals surface area contributed by atoms with Crippen molar-refractivity contribution in [3.8, 4) is 0 Å². The van der Waals surface area contributed by atoms with Gasteiger partial charge in [0.2, 0.25) is 0 Å². The van der Waals surface area contributed by atoms with Crippen LogP contribution in [0.15, 0.2) is 90.2 Å². The third kappa shape index (κ3) is 9.82. The fraction of sp³-hybridized carbons (Fsp3) is 0.273. The molecular formula is C33H38F4N6. The Morgan fingerprint density at radius 2 is 1.79 bits per heavy atom. The molecule has 1 aromatic heterocycles. The molecule has 0 aliphatic carbocycles. The van der Waals surface area contributed by atoms with Gasteiger partial charge in [0.1, 0.15) is 11.6 Å². The van der Waals surface area contributed by atoms with Crippen molar-refractivity contribution in [2.45, 2.75) is 58.8 Å². The number of hydrogen-bond acceptors (Lipinski definition) is 6. The Kier molecular flexibility index (Phi) is 11.7. The van der Waals surface area contributed by atoms with Gasteiger partial charge in [-0.2, -0.15) is 13.2 Å². The molecule has 1 unspecified atom stereocenters. The van der Waals surface area contributed by atoms with Gasteiger partial charge in [0.25, 0.3) is 0 Å². The Balaban J connectivity index is 1.86. The molecule has 6 nitrogen and oxygen atoms in total. The number of allylic oxidation sites excluding steroid dienone is 3. The molecule has 0 bridgehead atoms. The van der Waals surface area contributed by atoms with Crippen LogP contribution in [0.25, 0.3) is 11.4 Å². The fourth-order valence-corrected chi connectivity index (χ4v) is 4.16. The summed E-state index contributed by atoms with van der Waals surface area (Å²) in [6.45, 7) is 9.82. The molecule has 3 rings (SSSR count). The van der Waals surface area contributed by atoms with E-state index in [0.29, 0.717) is 42.2 Å². The Bertz CT molecular complexity index is 1470. The van der Waals surface area contributed by atoms with Crippen LogP contribution in [0.2, 0.25) is 0 Å². The molecule has 0 aliphatic rings. The summed E-state index contributed by atoms with van der Waals surface area (Å²) in [5.74, 6) is -0.147. The molecule has 0 fully saturated rings. The second-order valence-corrected chi connectivity index (χ2v) is 10.1. The van der Waals surface area contributed by atoms with E-state index in [1.165, 1.54) is 24.3 Å². The monoisotopic (exact) mass is 594 g/mol. The number of nitrogens with one attached hydrogen (secondary N) is 2. The summed E-state index contributed by atoms with van der Waals surface area (Å²) >= 11 is 0. The first kappa shape index (κ1) is 33.1. The van der Waals surface area contributed by atoms with Gasteiger partial charge in [0.15, 0.2) is 0 Å². The first-order chi connectivity index (χ1) is 20.4. The first-order valence-corrected chi connectivity index (χ1v) is 14.0. The fourth-order valence-electron chi connectivity index (χ4n) is 4.16. The lowest BCUT2D eigenvalue weighted by Gasteiger charge is -2.18. The summed E-state index contributed by atoms with van der Waals surface area (Å²) in [7, 11) is 0. The van der Waals surface area contributed by atoms with Crippen LogP contribution in [0.3, 0.4) is 0 Å². The second kappa shape index (κ2) is 15.2. The zero-order valence-electron chi connectivity index (χ0n) is 24.6. The number of rotatable bonds is 13. The van der Waals surface area contributed by atoms with E-state index in [4.69, 9.17) is 16.5 Å². The summed E-state index contributed by atoms with van der Waals surface area (Å²) in [4.78, 5) is 8.85. The molecule has 2 aromatic carbocycles. The maximum Gasteiger partial charge on any atom is 0.417 e. The van der Waals surface area contributed by atoms with E-state index >= 15 is 0 Å². The average Bonchev–Trinajstić information content (AvgIpc) is 2.96. The summed E-state index contributed by atoms with van der Waals surface area (Å²) < 4.78 is 54.3. The number of aromatic nitrogens is 1. The molecule has 1 heterocycles. The highest BCUT2D eigenvalue weighted by atomic mass is 19.4. The van der Waals surface area contributed by atoms with Crippen molar-refractivity contribution in [3.05, 3.63) is 113 Å². The van der Waals surface area contributed by atoms with E-state index in [-0.39, 0.29) is 17.4 Å². The molecule has 0 aliphatic heterocycles. The van der Waals surface area contributed by atoms with E-state index in [9.17, 15) is 17.6 Å². The number of nitrogens with two attached hydrogens (primary N) is 2. The number of alkyl halides is 3. The lowest BCUT2D eigenvalue weighted by Crippen LogP contribution is -2.18. The van der Waals surface area contributed by atoms with Gasteiger partial charge in [-0.15, -0.1) is 0 Å². The maximum atomic E-state index is 13.6. The van der Waals surface area contributed by atoms with E-state index in [0.717, 1.165) is 35.5 Å². The van der Waals surface area contributed by atoms with Crippen LogP contribution in [-0.2, 0) is 12.7 Å². The van der Waals surface area contributed by atoms with E-state index in [2.05, 4.69) is 22.2 Å². The summed E-state index contributed by atoms with van der Waals surface area (Å²) in [6.07, 6.45) is 1.76. The summed E-state index contributed by atoms with van der Waals surface area (Å²) in [6, 6.07) is 14.3. The number of benzene rings is 2. The molecule has 0 amide bonds. The highest BCUT2D eigenvalue weighted by Crippen LogP contribution is 2.34. The highest BCUT2D eigenvalue weighted by Gasteiger charge is 2.32. The zero-order valence-corrected chi connectivity index (χ0v) is 24.6. The predicted molar refractivity (Wildman–Crippen MR) is 169 cm³/mol. The van der Waals surface area contributed by atoms with Crippen LogP contribution < -0.4 is 22.1 Å². The van der Waals surface area contributed by atoms with Crippen molar-refractivity contribution in [2.24, 2.45) is 16.5 Å². The van der Waals surface area contributed by atoms with E-state index in [1.54, 1.807) is 6.08 Å². The number of halogens is 4. The molecule has 228 valence electrons. The van der Waals surface area contributed by atoms with Crippen LogP contribution in [0.5, 0.6) is 0 Å². The number of anilines is 2. The van der Waals surface area contributed by atoms with Crippen LogP contribution in [-0.4, -0.2) is 16.7 Å². The highest BCUT2D eigenvalue weighted by molar-refractivity contribution is 6.01. The topological polar surface area (TPSA) is 101 Å². The van der Waals surface area contributed by atoms with Gasteiger partial charge < -0.3 is 22.1 Å². The predicted octanol–water partition coefficient (Wildman–Crippen LogP) is 8.12. The quantitative estimate of drug-likeness (QED) is 0.118. The van der Waals surface area contributed by atoms with Crippen molar-refractivity contribution in [2.75, 3.05) is 10.6 Å². The normalized spacial score (nSPS) is 13.5. The number of nitrogens with zero attached hydrogens (tertiary/aromatic N) is 2. The minimum atomic E-state index is -4.57. The Hall–Kier alpha value is -4.44. The molecule has 0 spiro atoms. The lowest BCUT2D eigenvalue weighted by molar-refractivity contribution is -0.137. The number of aliphatic imine (C=N–C) groups is 1. The molecule has 1 atom stereocenters. The zero-order chi connectivity index (χ0) is 31.6. The second-order valence-electron chi connectivity index (χ2n) is 10.1. The molecule has 10 heteroatoms. The van der Waals surface area contributed by atoms with Crippen LogP contribution in [0.1, 0.15) is 62.3 Å². The molecule has 0 radical (unpaired) electrons. The van der Waals surface area contributed by atoms with Gasteiger partial charge in [-0.25, -0.2) is 9.37 Å². The third-order valence-corrected chi connectivity index (χ3v) is 6.48. The average molecular weight is 595 g/mol. The molecule has 0 saturated heterocycles. The van der Waals surface area contributed by atoms with Gasteiger partial charge in [-0.1, -0.05) is 49.9 Å². The van der Waals surface area contributed by atoms with Gasteiger partial charge in [0.05, 0.1) is 17.0 Å². The van der Waals surface area contributed by atoms with Crippen molar-refractivity contribution < 1.29 is 17.6 Å². The first-order valence-electron chi connectivity index (χ1n) is 14.0. The van der Waals surface area contributed by atoms with Gasteiger partial charge in [-0.3, -0.25) is 4.99 Å². The molecule has 43 heavy (non-hydrogen) atoms. The van der Waals surface area contributed by atoms with Crippen LogP contribution in [0.4, 0.5) is 29.1 Å². The van der Waals surface area contributed by atoms with Gasteiger partial charge in [-0.05, 0) is 74.6 Å². The largest absolute Gasteiger partial charge is 0.417 e. The van der Waals surface area contributed by atoms with Crippen molar-refractivity contribution in [3.63, 3.8) is 0 Å².